The van der Waals surface area contributed by atoms with Gasteiger partial charge in [-0.25, -0.2) is 0 Å². The number of hydrogen-bond donors (Lipinski definition) is 2. The zero-order valence-corrected chi connectivity index (χ0v) is 19.6. The molecule has 0 aliphatic carbocycles. The van der Waals surface area contributed by atoms with Crippen LogP contribution in [0.5, 0.6) is 0 Å². The summed E-state index contributed by atoms with van der Waals surface area (Å²) in [6.07, 6.45) is 16.9. The van der Waals surface area contributed by atoms with E-state index in [1.807, 2.05) is 21.1 Å². The van der Waals surface area contributed by atoms with Gasteiger partial charge in [-0.05, 0) is 6.42 Å². The molecule has 0 saturated heterocycles. The zero-order chi connectivity index (χ0) is 22.5. The van der Waals surface area contributed by atoms with E-state index in [2.05, 4.69) is 6.92 Å². The third-order valence-electron chi connectivity index (χ3n) is 4.69. The fraction of sp³-hybridized carbons (Fsp3) is 0.913. The summed E-state index contributed by atoms with van der Waals surface area (Å²) in [5.74, 6) is -1.36. The first-order valence-electron chi connectivity index (χ1n) is 11.5. The fourth-order valence-electron chi connectivity index (χ4n) is 3.21. The number of unbranched alkanes of at least 4 members (excludes halogenated alkanes) is 12. The minimum Gasteiger partial charge on any atom is -0.550 e. The van der Waals surface area contributed by atoms with Crippen molar-refractivity contribution in [2.45, 2.75) is 109 Å². The lowest BCUT2D eigenvalue weighted by atomic mass is 10.0. The van der Waals surface area contributed by atoms with Gasteiger partial charge in [0.15, 0.2) is 0 Å². The molecule has 0 aromatic rings. The molecule has 0 aliphatic heterocycles. The maximum absolute atomic E-state index is 10.5. The second kappa shape index (κ2) is 20.1. The largest absolute Gasteiger partial charge is 0.550 e. The van der Waals surface area contributed by atoms with Crippen molar-refractivity contribution in [3.8, 4) is 0 Å². The van der Waals surface area contributed by atoms with E-state index in [4.69, 9.17) is 10.8 Å². The van der Waals surface area contributed by atoms with Crippen molar-refractivity contribution < 1.29 is 24.3 Å². The molecule has 0 saturated carbocycles. The summed E-state index contributed by atoms with van der Waals surface area (Å²) in [5, 5.41) is 19.1. The average Bonchev–Trinajstić information content (AvgIpc) is 2.57. The molecule has 29 heavy (non-hydrogen) atoms. The van der Waals surface area contributed by atoms with Crippen LogP contribution < -0.4 is 10.8 Å². The van der Waals surface area contributed by atoms with E-state index in [1.54, 1.807) is 0 Å². The van der Waals surface area contributed by atoms with Gasteiger partial charge in [0, 0.05) is 18.8 Å². The number of aliphatic carboxylic acids is 1. The Hall–Kier alpha value is -1.14. The zero-order valence-electron chi connectivity index (χ0n) is 19.6. The normalized spacial score (nSPS) is 12.2. The highest BCUT2D eigenvalue weighted by Crippen LogP contribution is 2.12. The third kappa shape index (κ3) is 31.8. The van der Waals surface area contributed by atoms with E-state index in [0.29, 0.717) is 17.4 Å². The van der Waals surface area contributed by atoms with Gasteiger partial charge in [0.05, 0.1) is 21.1 Å². The van der Waals surface area contributed by atoms with Gasteiger partial charge in [0.2, 0.25) is 5.91 Å². The van der Waals surface area contributed by atoms with Gasteiger partial charge in [-0.2, -0.15) is 0 Å². The second-order valence-corrected chi connectivity index (χ2v) is 9.16. The molecule has 6 heteroatoms. The van der Waals surface area contributed by atoms with Crippen molar-refractivity contribution >= 4 is 11.9 Å². The average molecular weight is 417 g/mol. The van der Waals surface area contributed by atoms with Gasteiger partial charge in [-0.3, -0.25) is 4.79 Å². The number of rotatable bonds is 18. The summed E-state index contributed by atoms with van der Waals surface area (Å²) in [7, 11) is 5.66. The van der Waals surface area contributed by atoms with Crippen molar-refractivity contribution in [2.24, 2.45) is 5.73 Å². The molecule has 1 atom stereocenters. The molecular formula is C23H48N2O4. The predicted molar refractivity (Wildman–Crippen MR) is 118 cm³/mol. The van der Waals surface area contributed by atoms with Crippen LogP contribution in [0.15, 0.2) is 0 Å². The number of aliphatic hydroxyl groups is 1. The number of carbonyl (C=O) groups is 2. The van der Waals surface area contributed by atoms with E-state index in [0.717, 1.165) is 6.42 Å². The number of likely N-dealkylation sites (N-methyl/N-ethyl adjacent to an activating group) is 1. The topological polar surface area (TPSA) is 103 Å². The quantitative estimate of drug-likeness (QED) is 0.264. The molecule has 0 radical (unpaired) electrons. The first kappa shape index (κ1) is 30.1. The van der Waals surface area contributed by atoms with E-state index < -0.39 is 12.1 Å². The van der Waals surface area contributed by atoms with Crippen molar-refractivity contribution in [1.29, 1.82) is 0 Å². The summed E-state index contributed by atoms with van der Waals surface area (Å²) in [6.45, 7) is 2.69. The summed E-state index contributed by atoms with van der Waals surface area (Å²) >= 11 is 0. The Labute approximate surface area is 179 Å². The number of carboxylic acids is 1. The summed E-state index contributed by atoms with van der Waals surface area (Å²) in [4.78, 5) is 20.5. The van der Waals surface area contributed by atoms with Crippen molar-refractivity contribution in [3.05, 3.63) is 0 Å². The molecule has 0 fully saturated rings. The highest BCUT2D eigenvalue weighted by atomic mass is 16.4. The van der Waals surface area contributed by atoms with E-state index in [1.165, 1.54) is 77.0 Å². The number of amides is 1. The lowest BCUT2D eigenvalue weighted by Crippen LogP contribution is -2.43. The molecular weight excluding hydrogens is 368 g/mol. The van der Waals surface area contributed by atoms with Gasteiger partial charge in [0.1, 0.15) is 12.6 Å². The van der Waals surface area contributed by atoms with Gasteiger partial charge in [0.25, 0.3) is 0 Å². The first-order valence-corrected chi connectivity index (χ1v) is 11.5. The van der Waals surface area contributed by atoms with Crippen molar-refractivity contribution in [3.63, 3.8) is 0 Å². The molecule has 0 heterocycles. The molecule has 0 aliphatic rings. The highest BCUT2D eigenvalue weighted by molar-refractivity contribution is 5.73. The lowest BCUT2D eigenvalue weighted by Gasteiger charge is -2.26. The molecule has 1 amide bonds. The number of nitrogens with zero attached hydrogens (tertiary/aromatic N) is 1. The number of primary amides is 1. The van der Waals surface area contributed by atoms with Gasteiger partial charge in [-0.15, -0.1) is 0 Å². The van der Waals surface area contributed by atoms with Crippen LogP contribution in [-0.2, 0) is 9.59 Å². The van der Waals surface area contributed by atoms with Crippen LogP contribution >= 0.6 is 0 Å². The van der Waals surface area contributed by atoms with E-state index in [-0.39, 0.29) is 12.3 Å². The van der Waals surface area contributed by atoms with E-state index >= 15 is 0 Å². The van der Waals surface area contributed by atoms with Crippen LogP contribution in [0.1, 0.15) is 103 Å². The van der Waals surface area contributed by atoms with Crippen LogP contribution in [0.25, 0.3) is 0 Å². The Morgan fingerprint density at radius 1 is 0.828 bits per heavy atom. The molecule has 0 spiro atoms. The van der Waals surface area contributed by atoms with Gasteiger partial charge < -0.3 is 25.2 Å². The summed E-state index contributed by atoms with van der Waals surface area (Å²) in [6, 6.07) is 0. The van der Waals surface area contributed by atoms with Crippen molar-refractivity contribution in [2.75, 3.05) is 27.7 Å². The standard InChI is InChI=1S/C16H33NO.C7H15NO3/c1-2-3-4-5-6-7-8-9-10-11-12-13-14-15-16(17)18;1-8(2,3)5-6(9)4-7(10)11/h2-15H2,1H3,(H2,17,18);6,9H,4-5H2,1-3H3. The van der Waals surface area contributed by atoms with Gasteiger partial charge >= 0.3 is 0 Å². The second-order valence-electron chi connectivity index (χ2n) is 9.16. The number of hydrogen-bond acceptors (Lipinski definition) is 4. The van der Waals surface area contributed by atoms with Crippen LogP contribution in [0.3, 0.4) is 0 Å². The number of quaternary nitrogens is 1. The monoisotopic (exact) mass is 416 g/mol. The molecule has 1 unspecified atom stereocenters. The molecule has 0 rings (SSSR count). The van der Waals surface area contributed by atoms with Crippen LogP contribution in [-0.4, -0.2) is 55.3 Å². The lowest BCUT2D eigenvalue weighted by molar-refractivity contribution is -0.873. The Morgan fingerprint density at radius 2 is 1.21 bits per heavy atom. The number of nitrogens with two attached hydrogens (primary N) is 1. The Bertz CT molecular complexity index is 395. The Morgan fingerprint density at radius 3 is 1.52 bits per heavy atom. The van der Waals surface area contributed by atoms with Crippen LogP contribution in [0, 0.1) is 0 Å². The maximum atomic E-state index is 10.5. The fourth-order valence-corrected chi connectivity index (χ4v) is 3.21. The van der Waals surface area contributed by atoms with Crippen molar-refractivity contribution in [1.82, 2.24) is 0 Å². The van der Waals surface area contributed by atoms with E-state index in [9.17, 15) is 14.7 Å². The Kier molecular flexibility index (Phi) is 20.9. The SMILES string of the molecule is CCCCCCCCCCCCCCCC(N)=O.C[N+](C)(C)CC(O)CC(=O)[O-]. The maximum Gasteiger partial charge on any atom is 0.217 e. The van der Waals surface area contributed by atoms with Crippen LogP contribution in [0.4, 0.5) is 0 Å². The number of aliphatic hydroxyl groups excluding tert-OH is 1. The molecule has 3 N–H and O–H groups in total. The predicted octanol–water partition coefficient (Wildman–Crippen LogP) is 3.15. The molecule has 0 aromatic heterocycles. The molecule has 6 nitrogen and oxygen atoms in total. The third-order valence-corrected chi connectivity index (χ3v) is 4.69. The summed E-state index contributed by atoms with van der Waals surface area (Å²) < 4.78 is 0.550. The van der Waals surface area contributed by atoms with Gasteiger partial charge in [-0.1, -0.05) is 84.0 Å². The minimum atomic E-state index is -1.20. The molecule has 174 valence electrons. The first-order chi connectivity index (χ1) is 13.6. The minimum absolute atomic E-state index is 0.155. The highest BCUT2D eigenvalue weighted by Gasteiger charge is 2.14. The number of carbonyl (C=O) groups excluding carboxylic acids is 2. The summed E-state index contributed by atoms with van der Waals surface area (Å²) in [5.41, 5.74) is 5.09. The molecule has 0 aromatic carbocycles. The van der Waals surface area contributed by atoms with Crippen LogP contribution in [0.2, 0.25) is 0 Å². The molecule has 0 bridgehead atoms. The smallest absolute Gasteiger partial charge is 0.217 e. The Balaban J connectivity index is 0. The number of carboxylic acid groups (broad SMARTS) is 1.